The fourth-order valence-electron chi connectivity index (χ4n) is 3.70. The van der Waals surface area contributed by atoms with Crippen LogP contribution in [0.1, 0.15) is 61.8 Å². The van der Waals surface area contributed by atoms with Gasteiger partial charge in [-0.2, -0.15) is 0 Å². The number of unbranched alkanes of at least 4 members (excludes halogenated alkanes) is 2. The second-order valence-corrected chi connectivity index (χ2v) is 7.72. The Morgan fingerprint density at radius 3 is 2.06 bits per heavy atom. The molecule has 0 spiro atoms. The van der Waals surface area contributed by atoms with E-state index in [1.807, 2.05) is 6.92 Å². The molecule has 3 aromatic carbocycles. The Hall–Kier alpha value is -2.69. The van der Waals surface area contributed by atoms with Crippen LogP contribution in [0.4, 0.5) is 22.0 Å². The minimum Gasteiger partial charge on any atom is -0.205 e. The minimum atomic E-state index is -1.45. The molecule has 0 aromatic heterocycles. The lowest BCUT2D eigenvalue weighted by atomic mass is 9.98. The number of aryl methyl sites for hydroxylation is 2. The molecule has 0 bridgehead atoms. The maximum atomic E-state index is 14.9. The molecule has 5 heteroatoms. The molecule has 3 aromatic rings. The molecular formula is C26H25F5. The summed E-state index contributed by atoms with van der Waals surface area (Å²) in [6.07, 6.45) is 4.90. The minimum absolute atomic E-state index is 0.0406. The van der Waals surface area contributed by atoms with Crippen LogP contribution in [0.3, 0.4) is 0 Å². The van der Waals surface area contributed by atoms with Crippen molar-refractivity contribution in [3.63, 3.8) is 0 Å². The third-order valence-corrected chi connectivity index (χ3v) is 5.42. The molecule has 0 heterocycles. The van der Waals surface area contributed by atoms with Gasteiger partial charge in [-0.1, -0.05) is 63.4 Å². The van der Waals surface area contributed by atoms with Crippen LogP contribution in [0.5, 0.6) is 0 Å². The summed E-state index contributed by atoms with van der Waals surface area (Å²) in [5, 5.41) is -0.572. The van der Waals surface area contributed by atoms with Crippen LogP contribution in [-0.2, 0) is 12.8 Å². The van der Waals surface area contributed by atoms with E-state index in [1.54, 1.807) is 12.1 Å². The standard InChI is InChI=1S/C26H25F5/c1-3-5-6-8-16-9-11-17(12-10-16)22(27)25(30)20-14-13-18-15-19(7-4-2)23(28)26(31)21(18)24(20)29/h9-15H,3-8H2,1-2H3. The van der Waals surface area contributed by atoms with Crippen LogP contribution in [0.2, 0.25) is 0 Å². The first-order valence-electron chi connectivity index (χ1n) is 10.6. The Labute approximate surface area is 179 Å². The molecule has 164 valence electrons. The molecule has 0 saturated heterocycles. The van der Waals surface area contributed by atoms with Gasteiger partial charge in [0.1, 0.15) is 5.82 Å². The number of benzene rings is 3. The van der Waals surface area contributed by atoms with Crippen LogP contribution < -0.4 is 0 Å². The molecule has 0 amide bonds. The Morgan fingerprint density at radius 2 is 1.42 bits per heavy atom. The van der Waals surface area contributed by atoms with Crippen molar-refractivity contribution < 1.29 is 22.0 Å². The fourth-order valence-corrected chi connectivity index (χ4v) is 3.70. The predicted molar refractivity (Wildman–Crippen MR) is 117 cm³/mol. The van der Waals surface area contributed by atoms with Crippen molar-refractivity contribution >= 4 is 22.4 Å². The molecule has 0 radical (unpaired) electrons. The van der Waals surface area contributed by atoms with Crippen molar-refractivity contribution in [2.24, 2.45) is 0 Å². The highest BCUT2D eigenvalue weighted by molar-refractivity contribution is 5.91. The number of fused-ring (bicyclic) bond motifs is 1. The lowest BCUT2D eigenvalue weighted by Gasteiger charge is -2.11. The van der Waals surface area contributed by atoms with Gasteiger partial charge < -0.3 is 0 Å². The van der Waals surface area contributed by atoms with Crippen molar-refractivity contribution in [2.45, 2.75) is 52.4 Å². The van der Waals surface area contributed by atoms with Crippen LogP contribution in [-0.4, -0.2) is 0 Å². The Balaban J connectivity index is 2.00. The van der Waals surface area contributed by atoms with Gasteiger partial charge in [-0.25, -0.2) is 22.0 Å². The van der Waals surface area contributed by atoms with Crippen molar-refractivity contribution in [2.75, 3.05) is 0 Å². The van der Waals surface area contributed by atoms with E-state index in [-0.39, 0.29) is 16.5 Å². The number of hydrogen-bond acceptors (Lipinski definition) is 0. The van der Waals surface area contributed by atoms with Crippen LogP contribution in [0.15, 0.2) is 42.5 Å². The monoisotopic (exact) mass is 432 g/mol. The molecule has 0 fully saturated rings. The SMILES string of the molecule is CCCCCc1ccc(C(F)=C(F)c2ccc3cc(CCC)c(F)c(F)c3c2F)cc1. The fraction of sp³-hybridized carbons (Fsp3) is 0.308. The zero-order chi connectivity index (χ0) is 22.5. The Bertz CT molecular complexity index is 1100. The average molecular weight is 432 g/mol. The third-order valence-electron chi connectivity index (χ3n) is 5.42. The Morgan fingerprint density at radius 1 is 0.710 bits per heavy atom. The van der Waals surface area contributed by atoms with Gasteiger partial charge in [0, 0.05) is 11.1 Å². The van der Waals surface area contributed by atoms with Gasteiger partial charge in [0.05, 0.1) is 5.39 Å². The molecule has 0 aliphatic carbocycles. The topological polar surface area (TPSA) is 0 Å². The summed E-state index contributed by atoms with van der Waals surface area (Å²) in [7, 11) is 0. The highest BCUT2D eigenvalue weighted by atomic mass is 19.2. The molecular weight excluding hydrogens is 407 g/mol. The van der Waals surface area contributed by atoms with Gasteiger partial charge in [-0.05, 0) is 47.9 Å². The molecule has 31 heavy (non-hydrogen) atoms. The van der Waals surface area contributed by atoms with Crippen molar-refractivity contribution in [1.82, 2.24) is 0 Å². The smallest absolute Gasteiger partial charge is 0.169 e. The van der Waals surface area contributed by atoms with E-state index in [2.05, 4.69) is 6.92 Å². The highest BCUT2D eigenvalue weighted by Gasteiger charge is 2.22. The molecule has 0 aliphatic rings. The van der Waals surface area contributed by atoms with Crippen molar-refractivity contribution in [3.05, 3.63) is 82.2 Å². The molecule has 0 nitrogen and oxygen atoms in total. The number of hydrogen-bond donors (Lipinski definition) is 0. The number of rotatable bonds is 8. The van der Waals surface area contributed by atoms with E-state index in [4.69, 9.17) is 0 Å². The zero-order valence-electron chi connectivity index (χ0n) is 17.7. The summed E-state index contributed by atoms with van der Waals surface area (Å²) in [5.74, 6) is -6.56. The molecule has 0 atom stereocenters. The number of halogens is 5. The Kier molecular flexibility index (Phi) is 7.47. The van der Waals surface area contributed by atoms with E-state index < -0.39 is 40.1 Å². The van der Waals surface area contributed by atoms with E-state index in [0.717, 1.165) is 37.3 Å². The second-order valence-electron chi connectivity index (χ2n) is 7.72. The molecule has 0 aliphatic heterocycles. The van der Waals surface area contributed by atoms with E-state index in [9.17, 15) is 22.0 Å². The van der Waals surface area contributed by atoms with Crippen molar-refractivity contribution in [1.29, 1.82) is 0 Å². The van der Waals surface area contributed by atoms with Gasteiger partial charge in [-0.15, -0.1) is 0 Å². The normalized spacial score (nSPS) is 12.4. The molecule has 0 unspecified atom stereocenters. The predicted octanol–water partition coefficient (Wildman–Crippen LogP) is 8.71. The quantitative estimate of drug-likeness (QED) is 0.190. The first kappa shape index (κ1) is 23.0. The van der Waals surface area contributed by atoms with Crippen molar-refractivity contribution in [3.8, 4) is 0 Å². The summed E-state index contributed by atoms with van der Waals surface area (Å²) >= 11 is 0. The molecule has 3 rings (SSSR count). The lowest BCUT2D eigenvalue weighted by molar-refractivity contribution is 0.501. The summed E-state index contributed by atoms with van der Waals surface area (Å²) in [6.45, 7) is 3.91. The van der Waals surface area contributed by atoms with Crippen LogP contribution >= 0.6 is 0 Å². The summed E-state index contributed by atoms with van der Waals surface area (Å²) in [4.78, 5) is 0. The van der Waals surface area contributed by atoms with Crippen LogP contribution in [0.25, 0.3) is 22.4 Å². The van der Waals surface area contributed by atoms with E-state index >= 15 is 0 Å². The zero-order valence-corrected chi connectivity index (χ0v) is 17.7. The highest BCUT2D eigenvalue weighted by Crippen LogP contribution is 2.35. The summed E-state index contributed by atoms with van der Waals surface area (Å²) in [6, 6.07) is 9.97. The molecule has 0 saturated carbocycles. The van der Waals surface area contributed by atoms with Gasteiger partial charge in [0.15, 0.2) is 23.3 Å². The van der Waals surface area contributed by atoms with Gasteiger partial charge in [0.25, 0.3) is 0 Å². The second kappa shape index (κ2) is 10.1. The maximum Gasteiger partial charge on any atom is 0.169 e. The first-order chi connectivity index (χ1) is 14.9. The van der Waals surface area contributed by atoms with Gasteiger partial charge in [-0.3, -0.25) is 0 Å². The molecule has 0 N–H and O–H groups in total. The lowest BCUT2D eigenvalue weighted by Crippen LogP contribution is -2.00. The van der Waals surface area contributed by atoms with E-state index in [0.29, 0.717) is 12.8 Å². The largest absolute Gasteiger partial charge is 0.205 e. The summed E-state index contributed by atoms with van der Waals surface area (Å²) < 4.78 is 73.3. The van der Waals surface area contributed by atoms with Gasteiger partial charge in [0.2, 0.25) is 0 Å². The van der Waals surface area contributed by atoms with E-state index in [1.165, 1.54) is 24.3 Å². The van der Waals surface area contributed by atoms with Crippen LogP contribution in [0, 0.1) is 17.5 Å². The average Bonchev–Trinajstić information content (AvgIpc) is 2.77. The maximum absolute atomic E-state index is 14.9. The first-order valence-corrected chi connectivity index (χ1v) is 10.6. The third kappa shape index (κ3) is 4.81. The summed E-state index contributed by atoms with van der Waals surface area (Å²) in [5.41, 5.74) is 0.350. The van der Waals surface area contributed by atoms with Gasteiger partial charge >= 0.3 is 0 Å².